The summed E-state index contributed by atoms with van der Waals surface area (Å²) < 4.78 is 98.0. The fraction of sp³-hybridized carbons (Fsp3) is 0.304. The van der Waals surface area contributed by atoms with Crippen molar-refractivity contribution in [3.05, 3.63) is 137 Å². The van der Waals surface area contributed by atoms with E-state index in [0.717, 1.165) is 10.6 Å². The fourth-order valence-electron chi connectivity index (χ4n) is 8.19. The van der Waals surface area contributed by atoms with Crippen molar-refractivity contribution >= 4 is 51.6 Å². The van der Waals surface area contributed by atoms with Gasteiger partial charge in [0.25, 0.3) is 11.8 Å². The zero-order valence-corrected chi connectivity index (χ0v) is 37.1. The molecule has 2 aliphatic rings. The van der Waals surface area contributed by atoms with Crippen LogP contribution in [0, 0.1) is 23.6 Å². The molecule has 0 radical (unpaired) electrons. The number of alkyl halides is 6. The predicted octanol–water partition coefficient (Wildman–Crippen LogP) is 8.97. The van der Waals surface area contributed by atoms with E-state index in [1.165, 1.54) is 17.0 Å². The SMILES string of the molecule is CCC(C)(NC(=O)c1cncc2c1cnn2-c1ccc(F)cc1)c1ccnc(SC)c1.O=C(NCC1[C@H]2CN(C(=O)OCc3cc(C(F)(F)F)cc(C(F)(F)F)c3)C[C@@H]12)c1ccc2n[nH]nc2c1. The van der Waals surface area contributed by atoms with E-state index in [-0.39, 0.29) is 41.5 Å². The third-order valence-electron chi connectivity index (χ3n) is 12.2. The van der Waals surface area contributed by atoms with Crippen LogP contribution in [0.3, 0.4) is 0 Å². The van der Waals surface area contributed by atoms with E-state index in [9.17, 15) is 45.1 Å². The zero-order chi connectivity index (χ0) is 48.5. The topological polar surface area (TPSA) is 173 Å². The van der Waals surface area contributed by atoms with Crippen LogP contribution in [-0.4, -0.2) is 83.9 Å². The monoisotopic (exact) mass is 962 g/mol. The van der Waals surface area contributed by atoms with Crippen LogP contribution in [0.25, 0.3) is 27.6 Å². The third kappa shape index (κ3) is 10.2. The Morgan fingerprint density at radius 2 is 1.53 bits per heavy atom. The summed E-state index contributed by atoms with van der Waals surface area (Å²) in [4.78, 5) is 48.0. The molecule has 1 saturated heterocycles. The number of aromatic nitrogens is 7. The number of fused-ring (bicyclic) bond motifs is 3. The minimum atomic E-state index is -4.98. The quantitative estimate of drug-likeness (QED) is 0.0839. The first-order chi connectivity index (χ1) is 32.3. The molecule has 1 aliphatic heterocycles. The summed E-state index contributed by atoms with van der Waals surface area (Å²) in [7, 11) is 0. The molecular weight excluding hydrogens is 922 g/mol. The van der Waals surface area contributed by atoms with E-state index in [2.05, 4.69) is 41.1 Å². The van der Waals surface area contributed by atoms with Gasteiger partial charge in [0, 0.05) is 43.0 Å². The zero-order valence-electron chi connectivity index (χ0n) is 36.3. The van der Waals surface area contributed by atoms with E-state index in [1.807, 2.05) is 32.2 Å². The van der Waals surface area contributed by atoms with Crippen LogP contribution in [0.2, 0.25) is 0 Å². The smallest absolute Gasteiger partial charge is 0.416 e. The predicted molar refractivity (Wildman–Crippen MR) is 235 cm³/mol. The van der Waals surface area contributed by atoms with Crippen molar-refractivity contribution in [3.8, 4) is 5.69 Å². The normalized spacial score (nSPS) is 17.5. The van der Waals surface area contributed by atoms with Gasteiger partial charge >= 0.3 is 18.4 Å². The highest BCUT2D eigenvalue weighted by atomic mass is 32.2. The van der Waals surface area contributed by atoms with E-state index in [0.29, 0.717) is 76.9 Å². The Morgan fingerprint density at radius 3 is 2.19 bits per heavy atom. The molecule has 5 heterocycles. The highest BCUT2D eigenvalue weighted by Gasteiger charge is 2.56. The second kappa shape index (κ2) is 18.9. The van der Waals surface area contributed by atoms with Gasteiger partial charge in [-0.05, 0) is 121 Å². The van der Waals surface area contributed by atoms with Crippen LogP contribution >= 0.6 is 11.8 Å². The molecule has 14 nitrogen and oxygen atoms in total. The molecule has 3 aromatic carbocycles. The number of carbonyl (C=O) groups excluding carboxylic acids is 3. The van der Waals surface area contributed by atoms with Crippen LogP contribution in [0.5, 0.6) is 0 Å². The number of carbonyl (C=O) groups is 3. The average molecular weight is 963 g/mol. The molecule has 0 spiro atoms. The third-order valence-corrected chi connectivity index (χ3v) is 12.8. The Hall–Kier alpha value is -7.10. The number of hydrogen-bond donors (Lipinski definition) is 3. The molecular formula is C46H41F7N10O4S. The highest BCUT2D eigenvalue weighted by Crippen LogP contribution is 2.51. The molecule has 9 rings (SSSR count). The molecule has 354 valence electrons. The number of likely N-dealkylation sites (tertiary alicyclic amines) is 1. The van der Waals surface area contributed by atoms with Gasteiger partial charge in [0.05, 0.1) is 50.9 Å². The summed E-state index contributed by atoms with van der Waals surface area (Å²) in [5.41, 5.74) is 0.489. The van der Waals surface area contributed by atoms with E-state index in [1.54, 1.807) is 71.6 Å². The summed E-state index contributed by atoms with van der Waals surface area (Å²) >= 11 is 1.56. The Bertz CT molecular complexity index is 2960. The summed E-state index contributed by atoms with van der Waals surface area (Å²) in [6.07, 6.45) is -1.52. The minimum Gasteiger partial charge on any atom is -0.445 e. The van der Waals surface area contributed by atoms with Crippen LogP contribution in [0.4, 0.5) is 35.5 Å². The van der Waals surface area contributed by atoms with Gasteiger partial charge in [-0.2, -0.15) is 46.9 Å². The Balaban J connectivity index is 0.000000187. The lowest BCUT2D eigenvalue weighted by molar-refractivity contribution is -0.143. The van der Waals surface area contributed by atoms with Gasteiger partial charge in [-0.25, -0.2) is 18.9 Å². The molecule has 3 amide bonds. The molecule has 4 atom stereocenters. The van der Waals surface area contributed by atoms with Gasteiger partial charge < -0.3 is 20.3 Å². The van der Waals surface area contributed by atoms with Crippen molar-refractivity contribution in [2.75, 3.05) is 25.9 Å². The van der Waals surface area contributed by atoms with Crippen molar-refractivity contribution in [1.82, 2.24) is 50.7 Å². The van der Waals surface area contributed by atoms with Gasteiger partial charge in [-0.15, -0.1) is 11.8 Å². The molecule has 3 N–H and O–H groups in total. The molecule has 0 bridgehead atoms. The van der Waals surface area contributed by atoms with Gasteiger partial charge in [-0.1, -0.05) is 6.92 Å². The number of pyridine rings is 2. The number of aromatic amines is 1. The second-order valence-electron chi connectivity index (χ2n) is 16.5. The van der Waals surface area contributed by atoms with E-state index < -0.39 is 47.3 Å². The maximum Gasteiger partial charge on any atom is 0.416 e. The number of nitrogens with one attached hydrogen (secondary N) is 3. The lowest BCUT2D eigenvalue weighted by Crippen LogP contribution is -2.43. The van der Waals surface area contributed by atoms with Crippen LogP contribution in [-0.2, 0) is 29.2 Å². The maximum absolute atomic E-state index is 13.3. The molecule has 2 unspecified atom stereocenters. The lowest BCUT2D eigenvalue weighted by Gasteiger charge is -2.30. The summed E-state index contributed by atoms with van der Waals surface area (Å²) in [6.45, 7) is 4.35. The number of thioether (sulfide) groups is 1. The van der Waals surface area contributed by atoms with Crippen LogP contribution in [0.1, 0.15) is 63.2 Å². The second-order valence-corrected chi connectivity index (χ2v) is 17.3. The number of piperidine rings is 1. The van der Waals surface area contributed by atoms with Crippen molar-refractivity contribution in [1.29, 1.82) is 0 Å². The van der Waals surface area contributed by atoms with Crippen molar-refractivity contribution in [2.24, 2.45) is 17.8 Å². The number of amides is 3. The van der Waals surface area contributed by atoms with Gasteiger partial charge in [0.2, 0.25) is 0 Å². The molecule has 1 saturated carbocycles. The molecule has 4 aromatic heterocycles. The number of ether oxygens (including phenoxy) is 1. The fourth-order valence-corrected chi connectivity index (χ4v) is 8.60. The Morgan fingerprint density at radius 1 is 0.838 bits per heavy atom. The van der Waals surface area contributed by atoms with Crippen molar-refractivity contribution in [3.63, 3.8) is 0 Å². The number of nitrogens with zero attached hydrogens (tertiary/aromatic N) is 7. The van der Waals surface area contributed by atoms with Gasteiger partial charge in [0.15, 0.2) is 0 Å². The van der Waals surface area contributed by atoms with Crippen LogP contribution < -0.4 is 10.6 Å². The van der Waals surface area contributed by atoms with Crippen molar-refractivity contribution < 1.29 is 49.9 Å². The number of hydrogen-bond acceptors (Lipinski definition) is 10. The molecule has 22 heteroatoms. The summed E-state index contributed by atoms with van der Waals surface area (Å²) in [6, 6.07) is 15.9. The van der Waals surface area contributed by atoms with Gasteiger partial charge in [0.1, 0.15) is 23.5 Å². The first-order valence-corrected chi connectivity index (χ1v) is 22.3. The first kappa shape index (κ1) is 47.4. The number of rotatable bonds is 11. The largest absolute Gasteiger partial charge is 0.445 e. The van der Waals surface area contributed by atoms with Crippen LogP contribution in [0.15, 0.2) is 103 Å². The first-order valence-electron chi connectivity index (χ1n) is 21.0. The average Bonchev–Trinajstić information content (AvgIpc) is 3.78. The number of H-pyrrole nitrogens is 1. The maximum atomic E-state index is 13.3. The molecule has 7 aromatic rings. The Kier molecular flexibility index (Phi) is 13.2. The highest BCUT2D eigenvalue weighted by molar-refractivity contribution is 7.98. The summed E-state index contributed by atoms with van der Waals surface area (Å²) in [5.74, 6) is -0.429. The standard InChI is InChI=1S/C23H19F6N5O3.C23H22FN5OS/c24-22(25,26)13-3-11(4-14(6-13)23(27,28)29)10-37-21(36)34-8-16-15(17(16)9-34)7-30-20(35)12-1-2-18-19(5-12)32-33-31-18;1-4-23(2,15-9-10-26-21(11-15)31-3)28-22(30)19-12-25-14-20-18(19)13-27-29(20)17-7-5-16(24)6-8-17/h1-6,15-17H,7-10H2,(H,30,35)(H,31,32,33);5-14H,4H2,1-3H3,(H,28,30)/t15?,16-,17+;. The number of halogens is 7. The minimum absolute atomic E-state index is 0.0188. The van der Waals surface area contributed by atoms with E-state index >= 15 is 0 Å². The number of benzene rings is 3. The van der Waals surface area contributed by atoms with E-state index in [4.69, 9.17) is 4.74 Å². The van der Waals surface area contributed by atoms with Crippen molar-refractivity contribution in [2.45, 2.75) is 49.8 Å². The molecule has 68 heavy (non-hydrogen) atoms. The van der Waals surface area contributed by atoms with Gasteiger partial charge in [-0.3, -0.25) is 14.6 Å². The lowest BCUT2D eigenvalue weighted by atomic mass is 9.89. The Labute approximate surface area is 387 Å². The molecule has 2 fully saturated rings. The summed E-state index contributed by atoms with van der Waals surface area (Å²) in [5, 5.41) is 22.3. The molecule has 1 aliphatic carbocycles.